The molecule has 0 bridgehead atoms. The lowest BCUT2D eigenvalue weighted by atomic mass is 9.78. The van der Waals surface area contributed by atoms with Gasteiger partial charge in [-0.15, -0.1) is 0 Å². The average molecular weight is 463 g/mol. The number of imide groups is 1. The molecule has 5 rings (SSSR count). The number of hydrogen-bond acceptors (Lipinski definition) is 5. The molecule has 2 aliphatic heterocycles. The minimum absolute atomic E-state index is 0.0441. The van der Waals surface area contributed by atoms with Crippen LogP contribution < -0.4 is 15.0 Å². The zero-order chi connectivity index (χ0) is 23.5. The van der Waals surface area contributed by atoms with Crippen LogP contribution in [0.2, 0.25) is 0 Å². The Labute approximate surface area is 201 Å². The van der Waals surface area contributed by atoms with E-state index in [1.54, 1.807) is 7.11 Å². The summed E-state index contributed by atoms with van der Waals surface area (Å²) in [6.07, 6.45) is 3.92. The monoisotopic (exact) mass is 462 g/mol. The van der Waals surface area contributed by atoms with Gasteiger partial charge in [0.1, 0.15) is 11.3 Å². The average Bonchev–Trinajstić information content (AvgIpc) is 3.10. The predicted molar refractivity (Wildman–Crippen MR) is 132 cm³/mol. The molecule has 180 valence electrons. The Balaban J connectivity index is 1.08. The van der Waals surface area contributed by atoms with Crippen molar-refractivity contribution in [2.24, 2.45) is 0 Å². The third-order valence-electron chi connectivity index (χ3n) is 7.58. The van der Waals surface area contributed by atoms with Crippen molar-refractivity contribution in [1.29, 1.82) is 0 Å². The first kappa shape index (κ1) is 22.7. The van der Waals surface area contributed by atoms with E-state index in [2.05, 4.69) is 39.4 Å². The molecule has 1 atom stereocenters. The van der Waals surface area contributed by atoms with Gasteiger partial charge in [-0.2, -0.15) is 0 Å². The number of fused-ring (bicyclic) bond motifs is 1. The lowest BCUT2D eigenvalue weighted by Gasteiger charge is -2.36. The van der Waals surface area contributed by atoms with Crippen molar-refractivity contribution in [2.75, 3.05) is 51.3 Å². The molecule has 2 aromatic carbocycles. The SMILES string of the molecule is COc1ccccc1N1CCN(CCCCN2C(=O)NC3(CCc4ccccc4C3)C2=O)CC1. The normalized spacial score (nSPS) is 22.7. The molecule has 7 heteroatoms. The minimum Gasteiger partial charge on any atom is -0.495 e. The number of unbranched alkanes of at least 4 members (excludes halogenated alkanes) is 1. The summed E-state index contributed by atoms with van der Waals surface area (Å²) in [5.41, 5.74) is 2.87. The van der Waals surface area contributed by atoms with Crippen molar-refractivity contribution < 1.29 is 14.3 Å². The lowest BCUT2D eigenvalue weighted by molar-refractivity contribution is -0.131. The predicted octanol–water partition coefficient (Wildman–Crippen LogP) is 3.08. The number of amides is 3. The number of nitrogens with one attached hydrogen (secondary N) is 1. The molecule has 3 amide bonds. The highest BCUT2D eigenvalue weighted by Crippen LogP contribution is 2.34. The molecule has 2 fully saturated rings. The Hall–Kier alpha value is -3.06. The maximum absolute atomic E-state index is 13.2. The quantitative estimate of drug-likeness (QED) is 0.506. The highest BCUT2D eigenvalue weighted by atomic mass is 16.5. The largest absolute Gasteiger partial charge is 0.495 e. The number of anilines is 1. The van der Waals surface area contributed by atoms with Crippen molar-refractivity contribution >= 4 is 17.6 Å². The van der Waals surface area contributed by atoms with Gasteiger partial charge in [0, 0.05) is 39.1 Å². The van der Waals surface area contributed by atoms with E-state index in [0.717, 1.165) is 63.4 Å². The van der Waals surface area contributed by atoms with Crippen molar-refractivity contribution in [3.8, 4) is 5.75 Å². The van der Waals surface area contributed by atoms with E-state index < -0.39 is 5.54 Å². The topological polar surface area (TPSA) is 65.1 Å². The van der Waals surface area contributed by atoms with Crippen LogP contribution >= 0.6 is 0 Å². The Morgan fingerprint density at radius 1 is 0.912 bits per heavy atom. The van der Waals surface area contributed by atoms with E-state index in [9.17, 15) is 9.59 Å². The first-order valence-electron chi connectivity index (χ1n) is 12.4. The summed E-state index contributed by atoms with van der Waals surface area (Å²) < 4.78 is 5.51. The fraction of sp³-hybridized carbons (Fsp3) is 0.481. The van der Waals surface area contributed by atoms with E-state index in [-0.39, 0.29) is 11.9 Å². The fourth-order valence-electron chi connectivity index (χ4n) is 5.61. The van der Waals surface area contributed by atoms with Gasteiger partial charge >= 0.3 is 6.03 Å². The smallest absolute Gasteiger partial charge is 0.325 e. The molecule has 34 heavy (non-hydrogen) atoms. The molecule has 2 heterocycles. The van der Waals surface area contributed by atoms with Crippen molar-refractivity contribution in [3.05, 3.63) is 59.7 Å². The third kappa shape index (κ3) is 4.37. The van der Waals surface area contributed by atoms with Crippen molar-refractivity contribution in [2.45, 2.75) is 37.6 Å². The van der Waals surface area contributed by atoms with Crippen molar-refractivity contribution in [3.63, 3.8) is 0 Å². The zero-order valence-electron chi connectivity index (χ0n) is 20.0. The summed E-state index contributed by atoms with van der Waals surface area (Å²) in [7, 11) is 1.72. The van der Waals surface area contributed by atoms with Gasteiger partial charge in [0.2, 0.25) is 0 Å². The number of ether oxygens (including phenoxy) is 1. The van der Waals surface area contributed by atoms with Gasteiger partial charge in [0.25, 0.3) is 5.91 Å². The molecule has 0 radical (unpaired) electrons. The van der Waals surface area contributed by atoms with E-state index in [0.29, 0.717) is 19.4 Å². The van der Waals surface area contributed by atoms with Gasteiger partial charge in [-0.25, -0.2) is 4.79 Å². The van der Waals surface area contributed by atoms with Crippen LogP contribution in [0.1, 0.15) is 30.4 Å². The van der Waals surface area contributed by atoms with Crippen LogP contribution in [0.25, 0.3) is 0 Å². The fourth-order valence-corrected chi connectivity index (χ4v) is 5.61. The molecule has 1 N–H and O–H groups in total. The number of para-hydroxylation sites is 2. The van der Waals surface area contributed by atoms with Crippen molar-refractivity contribution in [1.82, 2.24) is 15.1 Å². The van der Waals surface area contributed by atoms with E-state index in [1.165, 1.54) is 16.0 Å². The van der Waals surface area contributed by atoms with Gasteiger partial charge in [-0.3, -0.25) is 14.6 Å². The molecule has 0 saturated carbocycles. The van der Waals surface area contributed by atoms with E-state index >= 15 is 0 Å². The second-order valence-electron chi connectivity index (χ2n) is 9.62. The van der Waals surface area contributed by atoms with Crippen LogP contribution in [0.5, 0.6) is 5.75 Å². The van der Waals surface area contributed by atoms with E-state index in [1.807, 2.05) is 24.3 Å². The van der Waals surface area contributed by atoms with Crippen LogP contribution in [0.4, 0.5) is 10.5 Å². The molecular weight excluding hydrogens is 428 g/mol. The summed E-state index contributed by atoms with van der Waals surface area (Å²) in [5.74, 6) is 0.876. The zero-order valence-corrected chi connectivity index (χ0v) is 20.0. The number of aryl methyl sites for hydroxylation is 1. The maximum Gasteiger partial charge on any atom is 0.325 e. The molecule has 1 unspecified atom stereocenters. The number of hydrogen-bond donors (Lipinski definition) is 1. The summed E-state index contributed by atoms with van der Waals surface area (Å²) in [4.78, 5) is 32.2. The van der Waals surface area contributed by atoms with Gasteiger partial charge in [0.15, 0.2) is 0 Å². The molecule has 2 saturated heterocycles. The van der Waals surface area contributed by atoms with Gasteiger partial charge in [-0.05, 0) is 55.5 Å². The Morgan fingerprint density at radius 3 is 2.41 bits per heavy atom. The second-order valence-corrected chi connectivity index (χ2v) is 9.62. The second kappa shape index (κ2) is 9.66. The van der Waals surface area contributed by atoms with Gasteiger partial charge in [0.05, 0.1) is 12.8 Å². The van der Waals surface area contributed by atoms with Crippen LogP contribution in [0, 0.1) is 0 Å². The summed E-state index contributed by atoms with van der Waals surface area (Å²) in [6, 6.07) is 16.2. The standard InChI is InChI=1S/C27H34N4O3/c1-34-24-11-5-4-10-23(24)30-18-16-29(17-19-30)14-6-7-15-31-25(32)27(28-26(31)33)13-12-21-8-2-3-9-22(21)20-27/h2-5,8-11H,6-7,12-20H2,1H3,(H,28,33). The molecule has 3 aliphatic rings. The summed E-state index contributed by atoms with van der Waals surface area (Å²) >= 11 is 0. The Morgan fingerprint density at radius 2 is 1.62 bits per heavy atom. The number of rotatable bonds is 7. The highest BCUT2D eigenvalue weighted by molar-refractivity contribution is 6.07. The molecule has 1 spiro atoms. The summed E-state index contributed by atoms with van der Waals surface area (Å²) in [5, 5.41) is 3.04. The molecule has 2 aromatic rings. The molecule has 0 aromatic heterocycles. The first-order valence-corrected chi connectivity index (χ1v) is 12.4. The molecular formula is C27H34N4O3. The molecule has 7 nitrogen and oxygen atoms in total. The third-order valence-corrected chi connectivity index (χ3v) is 7.58. The van der Waals surface area contributed by atoms with Gasteiger partial charge < -0.3 is 15.0 Å². The van der Waals surface area contributed by atoms with E-state index in [4.69, 9.17) is 4.74 Å². The lowest BCUT2D eigenvalue weighted by Crippen LogP contribution is -2.51. The van der Waals surface area contributed by atoms with Crippen LogP contribution in [-0.2, 0) is 17.6 Å². The van der Waals surface area contributed by atoms with Gasteiger partial charge in [-0.1, -0.05) is 36.4 Å². The van der Waals surface area contributed by atoms with Crippen LogP contribution in [-0.4, -0.2) is 73.7 Å². The maximum atomic E-state index is 13.2. The number of carbonyl (C=O) groups is 2. The van der Waals surface area contributed by atoms with Crippen LogP contribution in [0.3, 0.4) is 0 Å². The Kier molecular flexibility index (Phi) is 6.46. The number of benzene rings is 2. The summed E-state index contributed by atoms with van der Waals surface area (Å²) in [6.45, 7) is 5.43. The number of urea groups is 1. The minimum atomic E-state index is -0.750. The number of piperazine rings is 1. The number of methoxy groups -OCH3 is 1. The Bertz CT molecular complexity index is 1050. The van der Waals surface area contributed by atoms with Crippen LogP contribution in [0.15, 0.2) is 48.5 Å². The number of nitrogens with zero attached hydrogens (tertiary/aromatic N) is 3. The number of carbonyl (C=O) groups excluding carboxylic acids is 2. The first-order chi connectivity index (χ1) is 16.6. The molecule has 1 aliphatic carbocycles. The highest BCUT2D eigenvalue weighted by Gasteiger charge is 2.51.